The third-order valence-corrected chi connectivity index (χ3v) is 5.15. The Balaban J connectivity index is 2.32. The lowest BCUT2D eigenvalue weighted by Gasteiger charge is -2.14. The Bertz CT molecular complexity index is 568. The summed E-state index contributed by atoms with van der Waals surface area (Å²) in [6, 6.07) is 5.13. The molecule has 1 amide bonds. The van der Waals surface area contributed by atoms with E-state index in [1.54, 1.807) is 11.8 Å². The van der Waals surface area contributed by atoms with E-state index in [4.69, 9.17) is 9.84 Å². The SMILES string of the molecule is CCSCCC(NC(=O)CCCOc1ccc(CC)cc1Br)C(=O)O. The minimum atomic E-state index is -0.985. The maximum absolute atomic E-state index is 11.9. The molecule has 0 heterocycles. The zero-order valence-electron chi connectivity index (χ0n) is 14.7. The molecule has 25 heavy (non-hydrogen) atoms. The zero-order valence-corrected chi connectivity index (χ0v) is 17.1. The van der Waals surface area contributed by atoms with E-state index in [1.807, 2.05) is 25.1 Å². The molecule has 0 aliphatic rings. The van der Waals surface area contributed by atoms with Crippen LogP contribution in [0.2, 0.25) is 0 Å². The molecule has 0 saturated carbocycles. The van der Waals surface area contributed by atoms with E-state index in [2.05, 4.69) is 28.2 Å². The molecule has 0 aliphatic carbocycles. The van der Waals surface area contributed by atoms with Crippen molar-refractivity contribution in [3.8, 4) is 5.75 Å². The van der Waals surface area contributed by atoms with Crippen molar-refractivity contribution >= 4 is 39.6 Å². The summed E-state index contributed by atoms with van der Waals surface area (Å²) in [7, 11) is 0. The zero-order chi connectivity index (χ0) is 18.7. The van der Waals surface area contributed by atoms with Crippen molar-refractivity contribution in [1.29, 1.82) is 0 Å². The Morgan fingerprint density at radius 2 is 2.12 bits per heavy atom. The Morgan fingerprint density at radius 1 is 1.36 bits per heavy atom. The van der Waals surface area contributed by atoms with Gasteiger partial charge in [-0.25, -0.2) is 4.79 Å². The van der Waals surface area contributed by atoms with E-state index >= 15 is 0 Å². The molecule has 0 spiro atoms. The van der Waals surface area contributed by atoms with Crippen LogP contribution in [0.4, 0.5) is 0 Å². The second kappa shape index (κ2) is 12.2. The van der Waals surface area contributed by atoms with Crippen LogP contribution in [0.3, 0.4) is 0 Å². The largest absolute Gasteiger partial charge is 0.492 e. The molecule has 5 nitrogen and oxygen atoms in total. The van der Waals surface area contributed by atoms with E-state index in [9.17, 15) is 9.59 Å². The van der Waals surface area contributed by atoms with Crippen LogP contribution >= 0.6 is 27.7 Å². The van der Waals surface area contributed by atoms with Gasteiger partial charge in [0, 0.05) is 6.42 Å². The molecule has 0 bridgehead atoms. The van der Waals surface area contributed by atoms with Crippen molar-refractivity contribution in [2.24, 2.45) is 0 Å². The van der Waals surface area contributed by atoms with Crippen LogP contribution in [0, 0.1) is 0 Å². The van der Waals surface area contributed by atoms with Gasteiger partial charge in [0.15, 0.2) is 0 Å². The quantitative estimate of drug-likeness (QED) is 0.491. The van der Waals surface area contributed by atoms with Crippen molar-refractivity contribution in [2.45, 2.75) is 45.6 Å². The van der Waals surface area contributed by atoms with Crippen molar-refractivity contribution in [2.75, 3.05) is 18.1 Å². The molecule has 1 rings (SSSR count). The molecule has 0 aromatic heterocycles. The number of carbonyl (C=O) groups is 2. The molecule has 1 atom stereocenters. The van der Waals surface area contributed by atoms with Gasteiger partial charge in [0.1, 0.15) is 11.8 Å². The summed E-state index contributed by atoms with van der Waals surface area (Å²) in [6.45, 7) is 4.51. The van der Waals surface area contributed by atoms with Crippen molar-refractivity contribution in [1.82, 2.24) is 5.32 Å². The summed E-state index contributed by atoms with van der Waals surface area (Å²) in [4.78, 5) is 23.1. The first-order valence-corrected chi connectivity index (χ1v) is 10.4. The number of aryl methyl sites for hydroxylation is 1. The van der Waals surface area contributed by atoms with Crippen LogP contribution in [0.1, 0.15) is 38.7 Å². The first-order chi connectivity index (χ1) is 12.0. The second-order valence-corrected chi connectivity index (χ2v) is 7.76. The van der Waals surface area contributed by atoms with Crippen LogP contribution in [0.25, 0.3) is 0 Å². The molecule has 2 N–H and O–H groups in total. The number of aliphatic carboxylic acids is 1. The fraction of sp³-hybridized carbons (Fsp3) is 0.556. The number of rotatable bonds is 12. The fourth-order valence-electron chi connectivity index (χ4n) is 2.17. The van der Waals surface area contributed by atoms with Crippen LogP contribution in [-0.2, 0) is 16.0 Å². The van der Waals surface area contributed by atoms with E-state index in [1.165, 1.54) is 5.56 Å². The van der Waals surface area contributed by atoms with Crippen LogP contribution in [-0.4, -0.2) is 41.1 Å². The summed E-state index contributed by atoms with van der Waals surface area (Å²) < 4.78 is 6.57. The lowest BCUT2D eigenvalue weighted by Crippen LogP contribution is -2.41. The predicted molar refractivity (Wildman–Crippen MR) is 105 cm³/mol. The van der Waals surface area contributed by atoms with E-state index < -0.39 is 12.0 Å². The standard InChI is InChI=1S/C18H26BrNO4S/c1-3-13-7-8-16(14(19)12-13)24-10-5-6-17(21)20-15(18(22)23)9-11-25-4-2/h7-8,12,15H,3-6,9-11H2,1-2H3,(H,20,21)(H,22,23). The third kappa shape index (κ3) is 8.63. The average molecular weight is 432 g/mol. The number of amides is 1. The molecular formula is C18H26BrNO4S. The fourth-order valence-corrected chi connectivity index (χ4v) is 3.40. The number of hydrogen-bond donors (Lipinski definition) is 2. The van der Waals surface area contributed by atoms with Gasteiger partial charge in [0.2, 0.25) is 5.91 Å². The number of carbonyl (C=O) groups excluding carboxylic acids is 1. The smallest absolute Gasteiger partial charge is 0.326 e. The summed E-state index contributed by atoms with van der Waals surface area (Å²) in [5.74, 6) is 1.17. The van der Waals surface area contributed by atoms with Gasteiger partial charge >= 0.3 is 5.97 Å². The number of carboxylic acids is 1. The highest BCUT2D eigenvalue weighted by atomic mass is 79.9. The van der Waals surface area contributed by atoms with Gasteiger partial charge < -0.3 is 15.2 Å². The topological polar surface area (TPSA) is 75.6 Å². The summed E-state index contributed by atoms with van der Waals surface area (Å²) in [5.41, 5.74) is 1.22. The number of nitrogens with one attached hydrogen (secondary N) is 1. The monoisotopic (exact) mass is 431 g/mol. The molecule has 7 heteroatoms. The van der Waals surface area contributed by atoms with Gasteiger partial charge in [0.05, 0.1) is 11.1 Å². The lowest BCUT2D eigenvalue weighted by atomic mass is 10.2. The molecule has 1 unspecified atom stereocenters. The Morgan fingerprint density at radius 3 is 2.72 bits per heavy atom. The normalized spacial score (nSPS) is 11.8. The minimum absolute atomic E-state index is 0.245. The van der Waals surface area contributed by atoms with E-state index in [0.717, 1.165) is 28.1 Å². The van der Waals surface area contributed by atoms with Gasteiger partial charge in [0.25, 0.3) is 0 Å². The van der Waals surface area contributed by atoms with Gasteiger partial charge in [-0.2, -0.15) is 11.8 Å². The Labute approximate surface area is 162 Å². The molecule has 1 aromatic rings. The van der Waals surface area contributed by atoms with Crippen molar-refractivity contribution in [3.05, 3.63) is 28.2 Å². The number of benzene rings is 1. The summed E-state index contributed by atoms with van der Waals surface area (Å²) >= 11 is 5.14. The first kappa shape index (κ1) is 21.8. The number of hydrogen-bond acceptors (Lipinski definition) is 4. The van der Waals surface area contributed by atoms with Gasteiger partial charge in [-0.05, 0) is 64.4 Å². The van der Waals surface area contributed by atoms with E-state index in [0.29, 0.717) is 19.4 Å². The van der Waals surface area contributed by atoms with Crippen molar-refractivity contribution in [3.63, 3.8) is 0 Å². The third-order valence-electron chi connectivity index (χ3n) is 3.60. The van der Waals surface area contributed by atoms with Gasteiger partial charge in [-0.1, -0.05) is 19.9 Å². The maximum Gasteiger partial charge on any atom is 0.326 e. The summed E-state index contributed by atoms with van der Waals surface area (Å²) in [6.07, 6.45) is 2.17. The Hall–Kier alpha value is -1.21. The average Bonchev–Trinajstić information content (AvgIpc) is 2.58. The molecule has 0 radical (unpaired) electrons. The van der Waals surface area contributed by atoms with Gasteiger partial charge in [-0.15, -0.1) is 0 Å². The highest BCUT2D eigenvalue weighted by Gasteiger charge is 2.19. The van der Waals surface area contributed by atoms with Crippen molar-refractivity contribution < 1.29 is 19.4 Å². The minimum Gasteiger partial charge on any atom is -0.492 e. The van der Waals surface area contributed by atoms with Gasteiger partial charge in [-0.3, -0.25) is 4.79 Å². The van der Waals surface area contributed by atoms with Crippen LogP contribution < -0.4 is 10.1 Å². The maximum atomic E-state index is 11.9. The molecule has 0 saturated heterocycles. The molecule has 1 aromatic carbocycles. The number of carboxylic acid groups (broad SMARTS) is 1. The highest BCUT2D eigenvalue weighted by molar-refractivity contribution is 9.10. The number of ether oxygens (including phenoxy) is 1. The summed E-state index contributed by atoms with van der Waals surface area (Å²) in [5, 5.41) is 11.7. The Kier molecular flexibility index (Phi) is 10.6. The van der Waals surface area contributed by atoms with Crippen LogP contribution in [0.5, 0.6) is 5.75 Å². The van der Waals surface area contributed by atoms with E-state index in [-0.39, 0.29) is 12.3 Å². The molecular weight excluding hydrogens is 406 g/mol. The second-order valence-electron chi connectivity index (χ2n) is 5.51. The highest BCUT2D eigenvalue weighted by Crippen LogP contribution is 2.26. The molecule has 140 valence electrons. The lowest BCUT2D eigenvalue weighted by molar-refractivity contribution is -0.141. The first-order valence-electron chi connectivity index (χ1n) is 8.49. The predicted octanol–water partition coefficient (Wildman–Crippen LogP) is 3.88. The number of thioether (sulfide) groups is 1. The molecule has 0 aliphatic heterocycles. The van der Waals surface area contributed by atoms with Crippen LogP contribution in [0.15, 0.2) is 22.7 Å². The molecule has 0 fully saturated rings. The number of halogens is 1.